The van der Waals surface area contributed by atoms with Gasteiger partial charge in [0.05, 0.1) is 0 Å². The van der Waals surface area contributed by atoms with Crippen molar-refractivity contribution in [3.05, 3.63) is 12.7 Å². The number of carbonyl (C=O) groups excluding carboxylic acids is 1. The van der Waals surface area contributed by atoms with Gasteiger partial charge < -0.3 is 5.32 Å². The maximum atomic E-state index is 11.1. The lowest BCUT2D eigenvalue weighted by Gasteiger charge is -2.00. The Morgan fingerprint density at radius 2 is 2.45 bits per heavy atom. The van der Waals surface area contributed by atoms with E-state index in [1.165, 1.54) is 0 Å². The molecule has 62 valence electrons. The highest BCUT2D eigenvalue weighted by Gasteiger charge is 2.38. The van der Waals surface area contributed by atoms with E-state index in [-0.39, 0.29) is 5.91 Å². The van der Waals surface area contributed by atoms with E-state index in [4.69, 9.17) is 0 Å². The summed E-state index contributed by atoms with van der Waals surface area (Å²) in [5, 5.41) is 2.87. The van der Waals surface area contributed by atoms with E-state index in [1.807, 2.05) is 6.08 Å². The molecule has 1 N–H and O–H groups in total. The zero-order valence-corrected chi connectivity index (χ0v) is 6.97. The van der Waals surface area contributed by atoms with Gasteiger partial charge in [0.1, 0.15) is 0 Å². The minimum Gasteiger partial charge on any atom is -0.356 e. The van der Waals surface area contributed by atoms with Gasteiger partial charge in [-0.1, -0.05) is 13.0 Å². The Hall–Kier alpha value is -0.790. The Kier molecular flexibility index (Phi) is 2.69. The monoisotopic (exact) mass is 153 g/mol. The van der Waals surface area contributed by atoms with E-state index in [2.05, 4.69) is 18.8 Å². The van der Waals surface area contributed by atoms with Crippen molar-refractivity contribution in [1.29, 1.82) is 0 Å². The predicted molar refractivity (Wildman–Crippen MR) is 45.1 cm³/mol. The number of hydrogen-bond donors (Lipinski definition) is 1. The lowest BCUT2D eigenvalue weighted by atomic mass is 10.3. The third-order valence-electron chi connectivity index (χ3n) is 2.09. The Labute approximate surface area is 67.7 Å². The number of rotatable bonds is 4. The fourth-order valence-corrected chi connectivity index (χ4v) is 1.12. The van der Waals surface area contributed by atoms with Crippen molar-refractivity contribution in [3.63, 3.8) is 0 Å². The Morgan fingerprint density at radius 1 is 1.82 bits per heavy atom. The number of nitrogens with one attached hydrogen (secondary N) is 1. The van der Waals surface area contributed by atoms with Crippen LogP contribution in [0, 0.1) is 11.8 Å². The lowest BCUT2D eigenvalue weighted by Crippen LogP contribution is -2.26. The van der Waals surface area contributed by atoms with E-state index in [1.54, 1.807) is 0 Å². The first-order valence-corrected chi connectivity index (χ1v) is 4.14. The van der Waals surface area contributed by atoms with Crippen LogP contribution in [0.4, 0.5) is 0 Å². The summed E-state index contributed by atoms with van der Waals surface area (Å²) in [6, 6.07) is 0. The van der Waals surface area contributed by atoms with Gasteiger partial charge in [0.15, 0.2) is 0 Å². The fraction of sp³-hybridized carbons (Fsp3) is 0.667. The molecule has 1 saturated carbocycles. The predicted octanol–water partition coefficient (Wildman–Crippen LogP) is 1.33. The van der Waals surface area contributed by atoms with Crippen LogP contribution >= 0.6 is 0 Å². The summed E-state index contributed by atoms with van der Waals surface area (Å²) in [6.07, 6.45) is 3.75. The molecule has 0 radical (unpaired) electrons. The third kappa shape index (κ3) is 2.37. The number of hydrogen-bond acceptors (Lipinski definition) is 1. The van der Waals surface area contributed by atoms with Crippen LogP contribution < -0.4 is 5.32 Å². The average Bonchev–Trinajstić information content (AvgIpc) is 2.67. The SMILES string of the molecule is C=CCCNC(=O)C1CC1C. The molecule has 2 heteroatoms. The zero-order chi connectivity index (χ0) is 8.27. The van der Waals surface area contributed by atoms with Crippen molar-refractivity contribution >= 4 is 5.91 Å². The first-order chi connectivity index (χ1) is 5.25. The van der Waals surface area contributed by atoms with Crippen LogP contribution in [0.1, 0.15) is 19.8 Å². The maximum absolute atomic E-state index is 11.1. The molecule has 11 heavy (non-hydrogen) atoms. The highest BCUT2D eigenvalue weighted by atomic mass is 16.2. The molecule has 2 atom stereocenters. The molecule has 1 amide bonds. The van der Waals surface area contributed by atoms with E-state index < -0.39 is 0 Å². The molecule has 1 aliphatic rings. The molecule has 0 saturated heterocycles. The minimum absolute atomic E-state index is 0.222. The van der Waals surface area contributed by atoms with Crippen molar-refractivity contribution in [2.45, 2.75) is 19.8 Å². The summed E-state index contributed by atoms with van der Waals surface area (Å²) in [4.78, 5) is 11.1. The second-order valence-electron chi connectivity index (χ2n) is 3.19. The van der Waals surface area contributed by atoms with Gasteiger partial charge in [-0.2, -0.15) is 0 Å². The molecule has 0 aliphatic heterocycles. The fourth-order valence-electron chi connectivity index (χ4n) is 1.12. The first kappa shape index (κ1) is 8.31. The van der Waals surface area contributed by atoms with Gasteiger partial charge in [-0.25, -0.2) is 0 Å². The molecule has 1 fully saturated rings. The highest BCUT2D eigenvalue weighted by Crippen LogP contribution is 2.37. The maximum Gasteiger partial charge on any atom is 0.223 e. The van der Waals surface area contributed by atoms with Crippen molar-refractivity contribution < 1.29 is 4.79 Å². The summed E-state index contributed by atoms with van der Waals surface area (Å²) in [7, 11) is 0. The van der Waals surface area contributed by atoms with Crippen molar-refractivity contribution in [2.75, 3.05) is 6.54 Å². The molecule has 0 aromatic carbocycles. The van der Waals surface area contributed by atoms with E-state index in [0.29, 0.717) is 11.8 Å². The second-order valence-corrected chi connectivity index (χ2v) is 3.19. The van der Waals surface area contributed by atoms with Gasteiger partial charge in [-0.3, -0.25) is 4.79 Å². The van der Waals surface area contributed by atoms with Crippen LogP contribution in [-0.2, 0) is 4.79 Å². The van der Waals surface area contributed by atoms with Crippen molar-refractivity contribution in [2.24, 2.45) is 11.8 Å². The molecular weight excluding hydrogens is 138 g/mol. The Morgan fingerprint density at radius 3 is 2.91 bits per heavy atom. The van der Waals surface area contributed by atoms with Gasteiger partial charge in [-0.05, 0) is 18.8 Å². The Balaban J connectivity index is 2.07. The van der Waals surface area contributed by atoms with Gasteiger partial charge in [-0.15, -0.1) is 6.58 Å². The molecular formula is C9H15NO. The van der Waals surface area contributed by atoms with Gasteiger partial charge >= 0.3 is 0 Å². The van der Waals surface area contributed by atoms with E-state index >= 15 is 0 Å². The second kappa shape index (κ2) is 3.56. The highest BCUT2D eigenvalue weighted by molar-refractivity contribution is 5.81. The molecule has 2 nitrogen and oxygen atoms in total. The normalized spacial score (nSPS) is 27.7. The van der Waals surface area contributed by atoms with Crippen LogP contribution in [0.2, 0.25) is 0 Å². The van der Waals surface area contributed by atoms with Crippen molar-refractivity contribution in [1.82, 2.24) is 5.32 Å². The summed E-state index contributed by atoms with van der Waals surface area (Å²) < 4.78 is 0. The average molecular weight is 153 g/mol. The molecule has 1 aliphatic carbocycles. The molecule has 0 aromatic rings. The largest absolute Gasteiger partial charge is 0.356 e. The smallest absolute Gasteiger partial charge is 0.223 e. The van der Waals surface area contributed by atoms with Gasteiger partial charge in [0.25, 0.3) is 0 Å². The van der Waals surface area contributed by atoms with Gasteiger partial charge in [0, 0.05) is 12.5 Å². The topological polar surface area (TPSA) is 29.1 Å². The standard InChI is InChI=1S/C9H15NO/c1-3-4-5-10-9(11)8-6-7(8)2/h3,7-8H,1,4-6H2,2H3,(H,10,11). The lowest BCUT2D eigenvalue weighted by molar-refractivity contribution is -0.122. The van der Waals surface area contributed by atoms with E-state index in [9.17, 15) is 4.79 Å². The number of carbonyl (C=O) groups is 1. The van der Waals surface area contributed by atoms with Crippen LogP contribution in [-0.4, -0.2) is 12.5 Å². The Bertz CT molecular complexity index is 165. The van der Waals surface area contributed by atoms with E-state index in [0.717, 1.165) is 19.4 Å². The summed E-state index contributed by atoms with van der Waals surface area (Å²) in [5.41, 5.74) is 0. The summed E-state index contributed by atoms with van der Waals surface area (Å²) in [5.74, 6) is 1.14. The molecule has 1 rings (SSSR count). The quantitative estimate of drug-likeness (QED) is 0.479. The zero-order valence-electron chi connectivity index (χ0n) is 6.97. The van der Waals surface area contributed by atoms with Crippen LogP contribution in [0.15, 0.2) is 12.7 Å². The first-order valence-electron chi connectivity index (χ1n) is 4.14. The van der Waals surface area contributed by atoms with Gasteiger partial charge in [0.2, 0.25) is 5.91 Å². The number of amides is 1. The third-order valence-corrected chi connectivity index (χ3v) is 2.09. The molecule has 0 spiro atoms. The molecule has 0 bridgehead atoms. The summed E-state index contributed by atoms with van der Waals surface area (Å²) >= 11 is 0. The molecule has 2 unspecified atom stereocenters. The van der Waals surface area contributed by atoms with Crippen LogP contribution in [0.25, 0.3) is 0 Å². The molecule has 0 aromatic heterocycles. The minimum atomic E-state index is 0.222. The molecule has 0 heterocycles. The summed E-state index contributed by atoms with van der Waals surface area (Å²) in [6.45, 7) is 6.43. The van der Waals surface area contributed by atoms with Crippen LogP contribution in [0.3, 0.4) is 0 Å². The van der Waals surface area contributed by atoms with Crippen molar-refractivity contribution in [3.8, 4) is 0 Å². The van der Waals surface area contributed by atoms with Crippen LogP contribution in [0.5, 0.6) is 0 Å².